The number of benzene rings is 2. The van der Waals surface area contributed by atoms with Crippen LogP contribution in [0.5, 0.6) is 5.88 Å². The van der Waals surface area contributed by atoms with E-state index in [-0.39, 0.29) is 11.1 Å². The van der Waals surface area contributed by atoms with Crippen molar-refractivity contribution in [2.24, 2.45) is 0 Å². The maximum atomic E-state index is 15.0. The molecule has 1 radical (unpaired) electrons. The number of alkyl carbamates (subject to hydrolysis) is 1. The lowest BCUT2D eigenvalue weighted by atomic mass is 9.95. The number of hydrogen-bond acceptors (Lipinski definition) is 5. The first-order valence-electron chi connectivity index (χ1n) is 10.5. The van der Waals surface area contributed by atoms with E-state index in [9.17, 15) is 18.4 Å². The Bertz CT molecular complexity index is 1180. The van der Waals surface area contributed by atoms with E-state index in [1.54, 1.807) is 45.9 Å². The molecule has 0 aliphatic rings. The summed E-state index contributed by atoms with van der Waals surface area (Å²) >= 11 is 0. The number of nitrogens with one attached hydrogen (secondary N) is 1. The highest BCUT2D eigenvalue weighted by molar-refractivity contribution is 6.17. The molecule has 1 N–H and O–H groups in total. The fourth-order valence-electron chi connectivity index (χ4n) is 3.31. The number of aromatic nitrogens is 1. The second-order valence-electron chi connectivity index (χ2n) is 8.41. The molecule has 1 aromatic heterocycles. The van der Waals surface area contributed by atoms with Crippen LogP contribution in [-0.2, 0) is 4.74 Å². The number of rotatable bonds is 6. The Labute approximate surface area is 190 Å². The molecule has 2 aromatic carbocycles. The van der Waals surface area contributed by atoms with Crippen molar-refractivity contribution in [2.75, 3.05) is 6.61 Å². The van der Waals surface area contributed by atoms with E-state index in [2.05, 4.69) is 16.4 Å². The summed E-state index contributed by atoms with van der Waals surface area (Å²) in [5.41, 5.74) is -1.32. The van der Waals surface area contributed by atoms with Crippen LogP contribution in [0.2, 0.25) is 0 Å². The fourth-order valence-corrected chi connectivity index (χ4v) is 3.31. The van der Waals surface area contributed by atoms with Gasteiger partial charge in [0.15, 0.2) is 5.78 Å². The van der Waals surface area contributed by atoms with Gasteiger partial charge < -0.3 is 14.8 Å². The van der Waals surface area contributed by atoms with Crippen molar-refractivity contribution >= 4 is 22.6 Å². The normalized spacial score (nSPS) is 12.3. The summed E-state index contributed by atoms with van der Waals surface area (Å²) in [5.74, 6) is -2.71. The van der Waals surface area contributed by atoms with Gasteiger partial charge >= 0.3 is 6.09 Å². The second kappa shape index (κ2) is 9.52. The van der Waals surface area contributed by atoms with Gasteiger partial charge in [0, 0.05) is 23.2 Å². The number of halogens is 2. The molecule has 0 spiro atoms. The Kier molecular flexibility index (Phi) is 6.95. The second-order valence-corrected chi connectivity index (χ2v) is 8.41. The van der Waals surface area contributed by atoms with Gasteiger partial charge in [-0.3, -0.25) is 4.79 Å². The van der Waals surface area contributed by atoms with Gasteiger partial charge in [-0.05, 0) is 63.8 Å². The molecule has 0 fully saturated rings. The highest BCUT2D eigenvalue weighted by Crippen LogP contribution is 2.29. The maximum absolute atomic E-state index is 15.0. The monoisotopic (exact) mass is 455 g/mol. The predicted molar refractivity (Wildman–Crippen MR) is 119 cm³/mol. The lowest BCUT2D eigenvalue weighted by molar-refractivity contribution is 0.0507. The number of ketones is 1. The molecule has 33 heavy (non-hydrogen) atoms. The van der Waals surface area contributed by atoms with Gasteiger partial charge in [0.1, 0.15) is 17.2 Å². The predicted octanol–water partition coefficient (Wildman–Crippen LogP) is 5.53. The molecule has 173 valence electrons. The van der Waals surface area contributed by atoms with Crippen molar-refractivity contribution in [3.05, 3.63) is 70.9 Å². The van der Waals surface area contributed by atoms with Crippen LogP contribution in [0.3, 0.4) is 0 Å². The standard InChI is InChI=1S/C25H25F2N2O4/c1-6-32-23-18-9-7-8-17(16(18)10-11-28-23)22(30)21-19(26)12-15(13-20(21)27)14(2)29-24(31)33-25(3,4)5/h7-12,14H,6H2,1-5H3,(H,29,31). The summed E-state index contributed by atoms with van der Waals surface area (Å²) in [6.07, 6.45) is 0.731. The van der Waals surface area contributed by atoms with Crippen LogP contribution in [0.4, 0.5) is 13.6 Å². The van der Waals surface area contributed by atoms with Crippen LogP contribution >= 0.6 is 0 Å². The quantitative estimate of drug-likeness (QED) is 0.495. The lowest BCUT2D eigenvalue weighted by Crippen LogP contribution is -2.34. The third-order valence-corrected chi connectivity index (χ3v) is 4.72. The number of amides is 1. The van der Waals surface area contributed by atoms with E-state index in [0.717, 1.165) is 6.07 Å². The van der Waals surface area contributed by atoms with E-state index in [4.69, 9.17) is 9.47 Å². The molecular formula is C25H25F2N2O4. The van der Waals surface area contributed by atoms with Gasteiger partial charge in [-0.2, -0.15) is 0 Å². The number of carbonyl (C=O) groups excluding carboxylic acids is 2. The number of carbonyl (C=O) groups is 2. The van der Waals surface area contributed by atoms with E-state index < -0.39 is 40.7 Å². The summed E-state index contributed by atoms with van der Waals surface area (Å²) in [6.45, 7) is 8.80. The first-order valence-corrected chi connectivity index (χ1v) is 10.5. The zero-order valence-electron chi connectivity index (χ0n) is 19.1. The number of hydrogen-bond donors (Lipinski definition) is 1. The number of nitrogens with zero attached hydrogens (tertiary/aromatic N) is 1. The van der Waals surface area contributed by atoms with Crippen LogP contribution in [0.25, 0.3) is 10.8 Å². The Hall–Kier alpha value is -3.55. The molecule has 0 aliphatic heterocycles. The van der Waals surface area contributed by atoms with Crippen LogP contribution < -0.4 is 10.1 Å². The Morgan fingerprint density at radius 1 is 1.18 bits per heavy atom. The number of fused-ring (bicyclic) bond motifs is 1. The van der Waals surface area contributed by atoms with Gasteiger partial charge in [0.25, 0.3) is 0 Å². The molecule has 3 aromatic rings. The molecule has 0 aliphatic carbocycles. The topological polar surface area (TPSA) is 77.5 Å². The van der Waals surface area contributed by atoms with Crippen LogP contribution in [0.15, 0.2) is 36.5 Å². The van der Waals surface area contributed by atoms with Gasteiger partial charge in [0.2, 0.25) is 5.88 Å². The van der Waals surface area contributed by atoms with E-state index >= 15 is 0 Å². The van der Waals surface area contributed by atoms with Crippen LogP contribution in [-0.4, -0.2) is 29.1 Å². The number of pyridine rings is 1. The van der Waals surface area contributed by atoms with Crippen LogP contribution in [0, 0.1) is 17.7 Å². The molecule has 0 saturated heterocycles. The molecule has 3 rings (SSSR count). The largest absolute Gasteiger partial charge is 0.478 e. The van der Waals surface area contributed by atoms with Crippen molar-refractivity contribution in [3.63, 3.8) is 0 Å². The molecule has 1 unspecified atom stereocenters. The van der Waals surface area contributed by atoms with Crippen molar-refractivity contribution < 1.29 is 27.8 Å². The Balaban J connectivity index is 1.94. The average molecular weight is 455 g/mol. The molecule has 1 heterocycles. The summed E-state index contributed by atoms with van der Waals surface area (Å²) in [7, 11) is 0. The zero-order valence-corrected chi connectivity index (χ0v) is 19.1. The smallest absolute Gasteiger partial charge is 0.408 e. The molecule has 8 heteroatoms. The van der Waals surface area contributed by atoms with Crippen molar-refractivity contribution in [2.45, 2.75) is 46.3 Å². The van der Waals surface area contributed by atoms with Gasteiger partial charge in [0.05, 0.1) is 18.2 Å². The Morgan fingerprint density at radius 3 is 2.55 bits per heavy atom. The van der Waals surface area contributed by atoms with E-state index in [1.807, 2.05) is 0 Å². The highest BCUT2D eigenvalue weighted by Gasteiger charge is 2.25. The third kappa shape index (κ3) is 5.45. The van der Waals surface area contributed by atoms with E-state index in [1.165, 1.54) is 19.2 Å². The molecule has 1 atom stereocenters. The molecule has 0 bridgehead atoms. The summed E-state index contributed by atoms with van der Waals surface area (Å²) in [4.78, 5) is 29.3. The summed E-state index contributed by atoms with van der Waals surface area (Å²) in [6, 6.07) is 8.95. The molecular weight excluding hydrogens is 430 g/mol. The minimum atomic E-state index is -1.15. The number of ether oxygens (including phenoxy) is 2. The zero-order chi connectivity index (χ0) is 24.3. The fraction of sp³-hybridized carbons (Fsp3) is 0.320. The maximum Gasteiger partial charge on any atom is 0.408 e. The van der Waals surface area contributed by atoms with E-state index in [0.29, 0.717) is 23.3 Å². The lowest BCUT2D eigenvalue weighted by Gasteiger charge is -2.22. The minimum Gasteiger partial charge on any atom is -0.478 e. The van der Waals surface area contributed by atoms with Crippen molar-refractivity contribution in [3.8, 4) is 5.88 Å². The van der Waals surface area contributed by atoms with Gasteiger partial charge in [-0.1, -0.05) is 12.1 Å². The van der Waals surface area contributed by atoms with Gasteiger partial charge in [-0.25, -0.2) is 18.6 Å². The van der Waals surface area contributed by atoms with Crippen LogP contribution in [0.1, 0.15) is 62.1 Å². The van der Waals surface area contributed by atoms with Crippen molar-refractivity contribution in [1.29, 1.82) is 0 Å². The first-order chi connectivity index (χ1) is 15.5. The Morgan fingerprint density at radius 2 is 1.91 bits per heavy atom. The SMILES string of the molecule is CCOc1nccc2c(C(=O)c3c(F)[c]c(C(C)NC(=O)OC(C)(C)C)cc3F)cccc12. The molecule has 6 nitrogen and oxygen atoms in total. The first kappa shape index (κ1) is 24.1. The summed E-state index contributed by atoms with van der Waals surface area (Å²) < 4.78 is 40.5. The summed E-state index contributed by atoms with van der Waals surface area (Å²) in [5, 5.41) is 3.52. The third-order valence-electron chi connectivity index (χ3n) is 4.72. The minimum absolute atomic E-state index is 0.0353. The average Bonchev–Trinajstić information content (AvgIpc) is 2.71. The molecule has 0 saturated carbocycles. The molecule has 1 amide bonds. The van der Waals surface area contributed by atoms with Crippen molar-refractivity contribution in [1.82, 2.24) is 10.3 Å². The highest BCUT2D eigenvalue weighted by atomic mass is 19.1. The van der Waals surface area contributed by atoms with Gasteiger partial charge in [-0.15, -0.1) is 0 Å².